The van der Waals surface area contributed by atoms with Crippen LogP contribution in [0.5, 0.6) is 0 Å². The molecule has 2 N–H and O–H groups in total. The van der Waals surface area contributed by atoms with E-state index in [9.17, 15) is 0 Å². The summed E-state index contributed by atoms with van der Waals surface area (Å²) < 4.78 is 5.04. The number of aryl methyl sites for hydroxylation is 1. The molecule has 2 rings (SSSR count). The van der Waals surface area contributed by atoms with Gasteiger partial charge in [0.15, 0.2) is 0 Å². The van der Waals surface area contributed by atoms with E-state index >= 15 is 0 Å². The highest BCUT2D eigenvalue weighted by Crippen LogP contribution is 2.17. The van der Waals surface area contributed by atoms with Crippen molar-refractivity contribution in [1.29, 1.82) is 0 Å². The molecule has 1 heterocycles. The van der Waals surface area contributed by atoms with Crippen LogP contribution in [0.1, 0.15) is 18.4 Å². The van der Waals surface area contributed by atoms with Gasteiger partial charge in [-0.05, 0) is 11.6 Å². The summed E-state index contributed by atoms with van der Waals surface area (Å²) in [6.07, 6.45) is 0.727. The minimum Gasteiger partial charge on any atom is -0.339 e. The second-order valence-corrected chi connectivity index (χ2v) is 3.40. The minimum atomic E-state index is 0.395. The fraction of sp³-hybridized carbons (Fsp3) is 0.273. The summed E-state index contributed by atoms with van der Waals surface area (Å²) >= 11 is 0. The first-order chi connectivity index (χ1) is 7.83. The molecular formula is C11H13N3O2. The Hall–Kier alpha value is -1.72. The molecule has 0 amide bonds. The van der Waals surface area contributed by atoms with Crippen LogP contribution in [0.2, 0.25) is 0 Å². The molecular weight excluding hydrogens is 206 g/mol. The van der Waals surface area contributed by atoms with Crippen LogP contribution in [0.15, 0.2) is 28.8 Å². The standard InChI is InChI=1S/C11H13N3O2/c1-2-10-13-11(14-16-10)9-5-3-4-8(6-9)7-12-15/h3-6,12,15H,2,7H2,1H3. The Morgan fingerprint density at radius 1 is 1.44 bits per heavy atom. The SMILES string of the molecule is CCc1nc(-c2cccc(CNO)c2)no1. The van der Waals surface area contributed by atoms with E-state index in [4.69, 9.17) is 9.73 Å². The van der Waals surface area contributed by atoms with Crippen LogP contribution in [0, 0.1) is 0 Å². The molecule has 0 saturated carbocycles. The van der Waals surface area contributed by atoms with Gasteiger partial charge < -0.3 is 9.73 Å². The number of nitrogens with zero attached hydrogens (tertiary/aromatic N) is 2. The third-order valence-corrected chi connectivity index (χ3v) is 2.24. The van der Waals surface area contributed by atoms with E-state index in [2.05, 4.69) is 15.6 Å². The maximum absolute atomic E-state index is 8.62. The Labute approximate surface area is 93.1 Å². The Morgan fingerprint density at radius 3 is 3.00 bits per heavy atom. The van der Waals surface area contributed by atoms with Gasteiger partial charge in [-0.15, -0.1) is 0 Å². The Morgan fingerprint density at radius 2 is 2.31 bits per heavy atom. The Kier molecular flexibility index (Phi) is 3.28. The summed E-state index contributed by atoms with van der Waals surface area (Å²) in [6.45, 7) is 2.36. The Bertz CT molecular complexity index is 468. The van der Waals surface area contributed by atoms with Crippen LogP contribution >= 0.6 is 0 Å². The lowest BCUT2D eigenvalue weighted by molar-refractivity contribution is 0.161. The van der Waals surface area contributed by atoms with E-state index in [0.29, 0.717) is 18.3 Å². The monoisotopic (exact) mass is 219 g/mol. The molecule has 0 fully saturated rings. The fourth-order valence-corrected chi connectivity index (χ4v) is 1.43. The van der Waals surface area contributed by atoms with Crippen LogP contribution in [0.4, 0.5) is 0 Å². The lowest BCUT2D eigenvalue weighted by atomic mass is 10.1. The van der Waals surface area contributed by atoms with E-state index in [0.717, 1.165) is 17.5 Å². The second kappa shape index (κ2) is 4.87. The smallest absolute Gasteiger partial charge is 0.226 e. The summed E-state index contributed by atoms with van der Waals surface area (Å²) in [6, 6.07) is 7.62. The third-order valence-electron chi connectivity index (χ3n) is 2.24. The number of aromatic nitrogens is 2. The zero-order chi connectivity index (χ0) is 11.4. The minimum absolute atomic E-state index is 0.395. The average Bonchev–Trinajstić information content (AvgIpc) is 2.78. The molecule has 2 aromatic rings. The van der Waals surface area contributed by atoms with Gasteiger partial charge in [-0.1, -0.05) is 30.3 Å². The topological polar surface area (TPSA) is 71.2 Å². The van der Waals surface area contributed by atoms with E-state index in [1.165, 1.54) is 0 Å². The number of rotatable bonds is 4. The largest absolute Gasteiger partial charge is 0.339 e. The van der Waals surface area contributed by atoms with Crippen LogP contribution in [-0.4, -0.2) is 15.3 Å². The third kappa shape index (κ3) is 2.26. The van der Waals surface area contributed by atoms with E-state index in [-0.39, 0.29) is 0 Å². The number of nitrogens with one attached hydrogen (secondary N) is 1. The molecule has 0 radical (unpaired) electrons. The van der Waals surface area contributed by atoms with Gasteiger partial charge in [0.25, 0.3) is 0 Å². The lowest BCUT2D eigenvalue weighted by Crippen LogP contribution is -2.05. The molecule has 0 atom stereocenters. The van der Waals surface area contributed by atoms with Crippen molar-refractivity contribution in [2.24, 2.45) is 0 Å². The lowest BCUT2D eigenvalue weighted by Gasteiger charge is -2.00. The first kappa shape index (κ1) is 10.8. The predicted octanol–water partition coefficient (Wildman–Crippen LogP) is 1.78. The van der Waals surface area contributed by atoms with Crippen molar-refractivity contribution >= 4 is 0 Å². The first-order valence-electron chi connectivity index (χ1n) is 5.12. The summed E-state index contributed by atoms with van der Waals surface area (Å²) in [7, 11) is 0. The molecule has 5 heteroatoms. The molecule has 0 saturated heterocycles. The van der Waals surface area contributed by atoms with E-state index in [1.54, 1.807) is 0 Å². The molecule has 84 valence electrons. The summed E-state index contributed by atoms with van der Waals surface area (Å²) in [5.74, 6) is 1.21. The molecule has 0 spiro atoms. The van der Waals surface area contributed by atoms with Crippen molar-refractivity contribution in [3.63, 3.8) is 0 Å². The van der Waals surface area contributed by atoms with Gasteiger partial charge in [-0.25, -0.2) is 5.48 Å². The molecule has 0 bridgehead atoms. The van der Waals surface area contributed by atoms with Crippen molar-refractivity contribution in [3.05, 3.63) is 35.7 Å². The van der Waals surface area contributed by atoms with E-state index in [1.807, 2.05) is 31.2 Å². The van der Waals surface area contributed by atoms with Gasteiger partial charge in [-0.3, -0.25) is 0 Å². The van der Waals surface area contributed by atoms with Crippen molar-refractivity contribution < 1.29 is 9.73 Å². The number of hydroxylamine groups is 1. The summed E-state index contributed by atoms with van der Waals surface area (Å²) in [5, 5.41) is 12.5. The number of hydrogen-bond donors (Lipinski definition) is 2. The molecule has 1 aromatic heterocycles. The van der Waals surface area contributed by atoms with Gasteiger partial charge >= 0.3 is 0 Å². The van der Waals surface area contributed by atoms with Gasteiger partial charge in [0.05, 0.1) is 0 Å². The van der Waals surface area contributed by atoms with Gasteiger partial charge in [0, 0.05) is 18.5 Å². The maximum atomic E-state index is 8.62. The molecule has 0 unspecified atom stereocenters. The maximum Gasteiger partial charge on any atom is 0.226 e. The summed E-state index contributed by atoms with van der Waals surface area (Å²) in [5.41, 5.74) is 3.96. The highest BCUT2D eigenvalue weighted by molar-refractivity contribution is 5.55. The van der Waals surface area contributed by atoms with Crippen LogP contribution in [0.3, 0.4) is 0 Å². The van der Waals surface area contributed by atoms with Crippen molar-refractivity contribution in [2.45, 2.75) is 19.9 Å². The highest BCUT2D eigenvalue weighted by Gasteiger charge is 2.07. The zero-order valence-electron chi connectivity index (χ0n) is 8.97. The molecule has 1 aromatic carbocycles. The molecule has 16 heavy (non-hydrogen) atoms. The van der Waals surface area contributed by atoms with Gasteiger partial charge in [0.1, 0.15) is 0 Å². The van der Waals surface area contributed by atoms with Crippen LogP contribution in [0.25, 0.3) is 11.4 Å². The number of hydrogen-bond acceptors (Lipinski definition) is 5. The van der Waals surface area contributed by atoms with Crippen LogP contribution < -0.4 is 5.48 Å². The van der Waals surface area contributed by atoms with E-state index < -0.39 is 0 Å². The van der Waals surface area contributed by atoms with Crippen molar-refractivity contribution in [2.75, 3.05) is 0 Å². The fourth-order valence-electron chi connectivity index (χ4n) is 1.43. The second-order valence-electron chi connectivity index (χ2n) is 3.40. The van der Waals surface area contributed by atoms with Crippen LogP contribution in [-0.2, 0) is 13.0 Å². The summed E-state index contributed by atoms with van der Waals surface area (Å²) in [4.78, 5) is 4.24. The zero-order valence-corrected chi connectivity index (χ0v) is 8.97. The Balaban J connectivity index is 2.28. The predicted molar refractivity (Wildman–Crippen MR) is 57.7 cm³/mol. The van der Waals surface area contributed by atoms with Gasteiger partial charge in [0.2, 0.25) is 11.7 Å². The molecule has 5 nitrogen and oxygen atoms in total. The highest BCUT2D eigenvalue weighted by atomic mass is 16.5. The normalized spacial score (nSPS) is 10.6. The first-order valence-corrected chi connectivity index (χ1v) is 5.12. The van der Waals surface area contributed by atoms with Crippen molar-refractivity contribution in [1.82, 2.24) is 15.6 Å². The van der Waals surface area contributed by atoms with Crippen molar-refractivity contribution in [3.8, 4) is 11.4 Å². The van der Waals surface area contributed by atoms with Gasteiger partial charge in [-0.2, -0.15) is 4.98 Å². The molecule has 0 aliphatic rings. The number of benzene rings is 1. The molecule has 0 aliphatic carbocycles. The molecule has 0 aliphatic heterocycles. The quantitative estimate of drug-likeness (QED) is 0.767. The average molecular weight is 219 g/mol.